The summed E-state index contributed by atoms with van der Waals surface area (Å²) in [6.45, 7) is 6.34. The first-order valence-electron chi connectivity index (χ1n) is 7.48. The quantitative estimate of drug-likeness (QED) is 0.803. The first kappa shape index (κ1) is 14.7. The second kappa shape index (κ2) is 7.80. The van der Waals surface area contributed by atoms with E-state index < -0.39 is 0 Å². The Kier molecular flexibility index (Phi) is 5.74. The van der Waals surface area contributed by atoms with Crippen molar-refractivity contribution in [1.29, 1.82) is 0 Å². The summed E-state index contributed by atoms with van der Waals surface area (Å²) >= 11 is 0. The zero-order valence-electron chi connectivity index (χ0n) is 12.4. The first-order valence-corrected chi connectivity index (χ1v) is 7.48. The molecular formula is C16H24N4. The molecule has 2 heterocycles. The molecule has 0 aliphatic heterocycles. The molecule has 0 aliphatic carbocycles. The molecule has 1 N–H and O–H groups in total. The highest BCUT2D eigenvalue weighted by molar-refractivity contribution is 5.11. The van der Waals surface area contributed by atoms with Crippen LogP contribution in [0.5, 0.6) is 0 Å². The second-order valence-corrected chi connectivity index (χ2v) is 4.98. The van der Waals surface area contributed by atoms with Crippen LogP contribution in [0.1, 0.15) is 44.1 Å². The van der Waals surface area contributed by atoms with Gasteiger partial charge in [0.15, 0.2) is 0 Å². The Balaban J connectivity index is 2.04. The Morgan fingerprint density at radius 3 is 2.70 bits per heavy atom. The van der Waals surface area contributed by atoms with Crippen molar-refractivity contribution in [2.24, 2.45) is 0 Å². The minimum Gasteiger partial charge on any atom is -0.334 e. The lowest BCUT2D eigenvalue weighted by molar-refractivity contribution is 0.463. The van der Waals surface area contributed by atoms with Crippen molar-refractivity contribution in [2.45, 2.75) is 45.7 Å². The molecule has 0 fully saturated rings. The van der Waals surface area contributed by atoms with Crippen molar-refractivity contribution in [3.63, 3.8) is 0 Å². The predicted molar refractivity (Wildman–Crippen MR) is 81.5 cm³/mol. The monoisotopic (exact) mass is 272 g/mol. The number of hydrogen-bond donors (Lipinski definition) is 1. The predicted octanol–water partition coefficient (Wildman–Crippen LogP) is 2.97. The lowest BCUT2D eigenvalue weighted by Crippen LogP contribution is -2.25. The zero-order valence-corrected chi connectivity index (χ0v) is 12.4. The van der Waals surface area contributed by atoms with Crippen LogP contribution in [0.15, 0.2) is 36.9 Å². The van der Waals surface area contributed by atoms with Crippen LogP contribution in [0.2, 0.25) is 0 Å². The molecule has 0 bridgehead atoms. The van der Waals surface area contributed by atoms with Gasteiger partial charge in [-0.15, -0.1) is 0 Å². The van der Waals surface area contributed by atoms with Gasteiger partial charge in [-0.3, -0.25) is 4.98 Å². The maximum atomic E-state index is 4.55. The highest BCUT2D eigenvalue weighted by Crippen LogP contribution is 2.18. The van der Waals surface area contributed by atoms with Gasteiger partial charge in [0.2, 0.25) is 0 Å². The summed E-state index contributed by atoms with van der Waals surface area (Å²) in [4.78, 5) is 8.62. The maximum absolute atomic E-state index is 4.55. The molecular weight excluding hydrogens is 248 g/mol. The van der Waals surface area contributed by atoms with Crippen LogP contribution in [0.4, 0.5) is 0 Å². The number of hydrogen-bond acceptors (Lipinski definition) is 3. The molecule has 2 aromatic heterocycles. The number of aryl methyl sites for hydroxylation is 2. The van der Waals surface area contributed by atoms with Crippen molar-refractivity contribution < 1.29 is 0 Å². The van der Waals surface area contributed by atoms with Gasteiger partial charge >= 0.3 is 0 Å². The molecule has 0 saturated heterocycles. The van der Waals surface area contributed by atoms with Gasteiger partial charge in [-0.1, -0.05) is 13.8 Å². The third-order valence-corrected chi connectivity index (χ3v) is 3.45. The van der Waals surface area contributed by atoms with Gasteiger partial charge in [-0.25, -0.2) is 4.98 Å². The molecule has 2 aromatic rings. The molecule has 0 radical (unpaired) electrons. The topological polar surface area (TPSA) is 42.7 Å². The van der Waals surface area contributed by atoms with E-state index >= 15 is 0 Å². The summed E-state index contributed by atoms with van der Waals surface area (Å²) < 4.78 is 2.26. The van der Waals surface area contributed by atoms with Crippen molar-refractivity contribution >= 4 is 0 Å². The summed E-state index contributed by atoms with van der Waals surface area (Å²) in [6, 6.07) is 4.48. The fraction of sp³-hybridized carbons (Fsp3) is 0.500. The summed E-state index contributed by atoms with van der Waals surface area (Å²) in [5.74, 6) is 1.16. The van der Waals surface area contributed by atoms with Crippen molar-refractivity contribution in [1.82, 2.24) is 19.9 Å². The van der Waals surface area contributed by atoms with Crippen LogP contribution in [0.25, 0.3) is 0 Å². The Morgan fingerprint density at radius 2 is 2.00 bits per heavy atom. The Morgan fingerprint density at radius 1 is 1.20 bits per heavy atom. The summed E-state index contributed by atoms with van der Waals surface area (Å²) in [7, 11) is 0. The first-order chi connectivity index (χ1) is 9.85. The molecule has 0 aromatic carbocycles. The van der Waals surface area contributed by atoms with Crippen LogP contribution in [-0.4, -0.2) is 21.1 Å². The Bertz CT molecular complexity index is 492. The Labute approximate surface area is 121 Å². The van der Waals surface area contributed by atoms with E-state index in [4.69, 9.17) is 0 Å². The van der Waals surface area contributed by atoms with E-state index in [9.17, 15) is 0 Å². The highest BCUT2D eigenvalue weighted by atomic mass is 15.1. The Hall–Kier alpha value is -1.68. The number of aromatic nitrogens is 3. The molecule has 20 heavy (non-hydrogen) atoms. The van der Waals surface area contributed by atoms with Gasteiger partial charge in [0.25, 0.3) is 0 Å². The fourth-order valence-electron chi connectivity index (χ4n) is 2.49. The van der Waals surface area contributed by atoms with Gasteiger partial charge in [-0.2, -0.15) is 0 Å². The minimum atomic E-state index is 0.315. The van der Waals surface area contributed by atoms with Crippen LogP contribution in [-0.2, 0) is 13.0 Å². The van der Waals surface area contributed by atoms with E-state index in [1.807, 2.05) is 18.6 Å². The van der Waals surface area contributed by atoms with Crippen molar-refractivity contribution in [2.75, 3.05) is 6.54 Å². The number of rotatable bonds is 8. The minimum absolute atomic E-state index is 0.315. The van der Waals surface area contributed by atoms with Crippen LogP contribution in [0, 0.1) is 0 Å². The zero-order chi connectivity index (χ0) is 14.2. The van der Waals surface area contributed by atoms with Crippen LogP contribution >= 0.6 is 0 Å². The van der Waals surface area contributed by atoms with E-state index in [-0.39, 0.29) is 0 Å². The SMILES string of the molecule is CCCn1ccnc1C(CCc1ccncc1)NCC. The number of nitrogens with one attached hydrogen (secondary N) is 1. The molecule has 0 amide bonds. The molecule has 0 spiro atoms. The second-order valence-electron chi connectivity index (χ2n) is 4.98. The van der Waals surface area contributed by atoms with E-state index in [1.54, 1.807) is 0 Å². The van der Waals surface area contributed by atoms with Crippen molar-refractivity contribution in [3.05, 3.63) is 48.3 Å². The normalized spacial score (nSPS) is 12.5. The lowest BCUT2D eigenvalue weighted by Gasteiger charge is -2.19. The van der Waals surface area contributed by atoms with Gasteiger partial charge in [-0.05, 0) is 43.5 Å². The molecule has 4 nitrogen and oxygen atoms in total. The largest absolute Gasteiger partial charge is 0.334 e. The molecule has 1 atom stereocenters. The third-order valence-electron chi connectivity index (χ3n) is 3.45. The number of imidazole rings is 1. The van der Waals surface area contributed by atoms with Gasteiger partial charge < -0.3 is 9.88 Å². The van der Waals surface area contributed by atoms with E-state index in [2.05, 4.69) is 52.0 Å². The third kappa shape index (κ3) is 3.90. The number of pyridine rings is 1. The van der Waals surface area contributed by atoms with E-state index in [1.165, 1.54) is 5.56 Å². The van der Waals surface area contributed by atoms with Gasteiger partial charge in [0.05, 0.1) is 6.04 Å². The van der Waals surface area contributed by atoms with Crippen LogP contribution < -0.4 is 5.32 Å². The molecule has 4 heteroatoms. The molecule has 108 valence electrons. The molecule has 0 aliphatic rings. The standard InChI is InChI=1S/C16H24N4/c1-3-12-20-13-11-19-16(20)15(18-4-2)6-5-14-7-9-17-10-8-14/h7-11,13,15,18H,3-6,12H2,1-2H3. The molecule has 2 rings (SSSR count). The summed E-state index contributed by atoms with van der Waals surface area (Å²) in [5.41, 5.74) is 1.33. The number of nitrogens with zero attached hydrogens (tertiary/aromatic N) is 3. The molecule has 0 saturated carbocycles. The van der Waals surface area contributed by atoms with E-state index in [0.29, 0.717) is 6.04 Å². The lowest BCUT2D eigenvalue weighted by atomic mass is 10.1. The smallest absolute Gasteiger partial charge is 0.125 e. The average molecular weight is 272 g/mol. The molecule has 1 unspecified atom stereocenters. The summed E-state index contributed by atoms with van der Waals surface area (Å²) in [5, 5.41) is 3.56. The maximum Gasteiger partial charge on any atom is 0.125 e. The van der Waals surface area contributed by atoms with Crippen molar-refractivity contribution in [3.8, 4) is 0 Å². The fourth-order valence-corrected chi connectivity index (χ4v) is 2.49. The summed E-state index contributed by atoms with van der Waals surface area (Å²) in [6.07, 6.45) is 10.9. The van der Waals surface area contributed by atoms with E-state index in [0.717, 1.165) is 38.2 Å². The van der Waals surface area contributed by atoms with Crippen LogP contribution in [0.3, 0.4) is 0 Å². The highest BCUT2D eigenvalue weighted by Gasteiger charge is 2.15. The van der Waals surface area contributed by atoms with Gasteiger partial charge in [0.1, 0.15) is 5.82 Å². The average Bonchev–Trinajstić information content (AvgIpc) is 2.93. The van der Waals surface area contributed by atoms with Gasteiger partial charge in [0, 0.05) is 31.3 Å².